The largest absolute Gasteiger partial charge is 0.523 e. The lowest BCUT2D eigenvalue weighted by Gasteiger charge is -2.31. The number of aliphatic hydroxyl groups is 2. The molecule has 0 radical (unpaired) electrons. The summed E-state index contributed by atoms with van der Waals surface area (Å²) in [7, 11) is -27.8. The van der Waals surface area contributed by atoms with Crippen LogP contribution in [-0.2, 0) is 128 Å². The Morgan fingerprint density at radius 1 is 0.515 bits per heavy atom. The van der Waals surface area contributed by atoms with Crippen molar-refractivity contribution in [2.75, 3.05) is 105 Å². The number of esters is 2. The molecule has 0 aliphatic carbocycles. The van der Waals surface area contributed by atoms with Gasteiger partial charge in [-0.05, 0) is 148 Å². The van der Waals surface area contributed by atoms with Gasteiger partial charge < -0.3 is 86.0 Å². The summed E-state index contributed by atoms with van der Waals surface area (Å²) in [6.07, 6.45) is -5.80. The molecule has 2 aliphatic heterocycles. The number of fused-ring (bicyclic) bond motifs is 1. The van der Waals surface area contributed by atoms with E-state index < -0.39 is 145 Å². The topological polar surface area (TPSA) is 467 Å². The molecule has 46 heteroatoms. The van der Waals surface area contributed by atoms with Gasteiger partial charge in [-0.3, -0.25) is 22.7 Å². The highest BCUT2D eigenvalue weighted by atomic mass is 32.2. The number of hydrogen-bond donors (Lipinski definition) is 5. The number of alkyl halides is 3. The van der Waals surface area contributed by atoms with Crippen molar-refractivity contribution >= 4 is 76.2 Å². The Bertz CT molecular complexity index is 5140. The molecule has 0 bridgehead atoms. The van der Waals surface area contributed by atoms with E-state index in [0.717, 1.165) is 11.1 Å². The lowest BCUT2D eigenvalue weighted by molar-refractivity contribution is -0.146. The van der Waals surface area contributed by atoms with E-state index in [2.05, 4.69) is 9.50 Å². The first-order chi connectivity index (χ1) is 61.8. The molecule has 130 heavy (non-hydrogen) atoms. The number of nitrogens with zero attached hydrogens (tertiary/aromatic N) is 1. The highest BCUT2D eigenvalue weighted by Gasteiger charge is 2.49. The normalized spacial score (nSPS) is 16.5. The molecule has 5 N–H and O–H groups in total. The van der Waals surface area contributed by atoms with Crippen LogP contribution >= 0.6 is 38.0 Å². The molecular weight excluding hydrogens is 1860 g/mol. The Hall–Kier alpha value is -8.95. The number of sulfonamides is 1. The van der Waals surface area contributed by atoms with Crippen LogP contribution in [0.5, 0.6) is 34.5 Å². The fourth-order valence-electron chi connectivity index (χ4n) is 11.1. The first kappa shape index (κ1) is 110. The quantitative estimate of drug-likeness (QED) is 0.00777. The van der Waals surface area contributed by atoms with Gasteiger partial charge in [-0.1, -0.05) is 159 Å². The lowest BCUT2D eigenvalue weighted by Crippen LogP contribution is -2.51. The molecular formula is C84H108F3N2O34P5S2. The highest BCUT2D eigenvalue weighted by molar-refractivity contribution is 7.89. The zero-order valence-corrected chi connectivity index (χ0v) is 78.1. The van der Waals surface area contributed by atoms with Gasteiger partial charge in [-0.25, -0.2) is 45.2 Å². The molecule has 716 valence electrons. The molecule has 0 saturated carbocycles. The molecule has 4 unspecified atom stereocenters. The molecule has 1 amide bonds. The Morgan fingerprint density at radius 3 is 1.36 bits per heavy atom. The number of carbonyl (C=O) groups is 3. The van der Waals surface area contributed by atoms with Gasteiger partial charge in [0.15, 0.2) is 38.5 Å². The van der Waals surface area contributed by atoms with Crippen LogP contribution in [-0.4, -0.2) is 194 Å². The number of halogens is 3. The summed E-state index contributed by atoms with van der Waals surface area (Å²) in [6, 6.07) is 63.1. The van der Waals surface area contributed by atoms with Crippen LogP contribution < -0.4 is 32.9 Å². The average molecular weight is 1970 g/mol. The maximum Gasteiger partial charge on any atom is 0.523 e. The SMILES string of the molecule is CCOC(=O)COP(=O)(COCc1ccccc1)Oc1ccccc1.CCOC(=O)COP(=O)(COc1ccc(C[C@H](NC(=O)O[C@H]2CO[C@H]3OCC[C@H]32)[C@H](O)CN(CC(C)C)S(=O)(=O)c2ccc(OC)cc2)cc1)Oc1ccccc1.CCOP(=O)(CO)Oc1ccccc1.CCOP(=O)(COS(=O)(=O)C(F)(F)F)Oc1ccccc1.O=P(O)(O)COCc1ccccc1. The summed E-state index contributed by atoms with van der Waals surface area (Å²) in [5.74, 6) is 0.327. The average Bonchev–Trinajstić information content (AvgIpc) is 1.82. The second-order valence-corrected chi connectivity index (χ2v) is 40.6. The van der Waals surface area contributed by atoms with Crippen LogP contribution in [0, 0.1) is 11.8 Å². The summed E-state index contributed by atoms with van der Waals surface area (Å²) in [5.41, 5.74) is -3.15. The summed E-state index contributed by atoms with van der Waals surface area (Å²) >= 11 is 0. The summed E-state index contributed by atoms with van der Waals surface area (Å²) < 4.78 is 241. The van der Waals surface area contributed by atoms with Crippen molar-refractivity contribution in [2.24, 2.45) is 11.8 Å². The molecule has 2 heterocycles. The summed E-state index contributed by atoms with van der Waals surface area (Å²) in [6.45, 7) is 10.4. The van der Waals surface area contributed by atoms with Crippen molar-refractivity contribution in [1.82, 2.24) is 9.62 Å². The minimum atomic E-state index is -5.87. The lowest BCUT2D eigenvalue weighted by atomic mass is 10.0. The molecule has 2 aliphatic rings. The Balaban J connectivity index is 0.000000291. The number of carbonyl (C=O) groups excluding carboxylic acids is 3. The van der Waals surface area contributed by atoms with Crippen molar-refractivity contribution in [2.45, 2.75) is 103 Å². The molecule has 8 aromatic carbocycles. The molecule has 9 atom stereocenters. The minimum Gasteiger partial charge on any atom is -0.497 e. The Labute approximate surface area is 752 Å². The van der Waals surface area contributed by atoms with E-state index in [1.165, 1.54) is 54.7 Å². The smallest absolute Gasteiger partial charge is 0.497 e. The first-order valence-electron chi connectivity index (χ1n) is 40.1. The zero-order chi connectivity index (χ0) is 95.3. The predicted molar refractivity (Wildman–Crippen MR) is 469 cm³/mol. The van der Waals surface area contributed by atoms with E-state index in [9.17, 15) is 72.3 Å². The number of benzene rings is 8. The van der Waals surface area contributed by atoms with Gasteiger partial charge in [0, 0.05) is 13.1 Å². The van der Waals surface area contributed by atoms with Crippen molar-refractivity contribution in [3.05, 3.63) is 247 Å². The third-order valence-electron chi connectivity index (χ3n) is 17.0. The number of alkyl carbamates (subject to hydrolysis) is 1. The van der Waals surface area contributed by atoms with Crippen LogP contribution in [0.1, 0.15) is 64.7 Å². The fourth-order valence-corrected chi connectivity index (χ4v) is 18.8. The van der Waals surface area contributed by atoms with Gasteiger partial charge in [0.2, 0.25) is 16.4 Å². The maximum atomic E-state index is 13.9. The van der Waals surface area contributed by atoms with Crippen molar-refractivity contribution in [1.29, 1.82) is 0 Å². The van der Waals surface area contributed by atoms with E-state index >= 15 is 0 Å². The number of hydrogen-bond acceptors (Lipinski definition) is 32. The van der Waals surface area contributed by atoms with Gasteiger partial charge in [-0.15, -0.1) is 0 Å². The van der Waals surface area contributed by atoms with Crippen molar-refractivity contribution < 1.29 is 170 Å². The number of nitrogens with one attached hydrogen (secondary N) is 1. The molecule has 2 saturated heterocycles. The van der Waals surface area contributed by atoms with Gasteiger partial charge in [0.25, 0.3) is 0 Å². The third kappa shape index (κ3) is 41.0. The van der Waals surface area contributed by atoms with E-state index in [1.807, 2.05) is 86.6 Å². The van der Waals surface area contributed by atoms with Crippen molar-refractivity contribution in [3.63, 3.8) is 0 Å². The van der Waals surface area contributed by atoms with Gasteiger partial charge in [0.1, 0.15) is 46.9 Å². The van der Waals surface area contributed by atoms with Gasteiger partial charge >= 0.3 is 71.6 Å². The van der Waals surface area contributed by atoms with Crippen LogP contribution in [0.15, 0.2) is 235 Å². The Morgan fingerprint density at radius 2 is 0.938 bits per heavy atom. The van der Waals surface area contributed by atoms with E-state index in [1.54, 1.807) is 142 Å². The van der Waals surface area contributed by atoms with Crippen LogP contribution in [0.25, 0.3) is 0 Å². The van der Waals surface area contributed by atoms with Gasteiger partial charge in [0.05, 0.1) is 82.9 Å². The third-order valence-corrected chi connectivity index (χ3v) is 26.5. The zero-order valence-electron chi connectivity index (χ0n) is 72.0. The predicted octanol–water partition coefficient (Wildman–Crippen LogP) is 15.7. The maximum absolute atomic E-state index is 13.9. The molecule has 36 nitrogen and oxygen atoms in total. The summed E-state index contributed by atoms with van der Waals surface area (Å²) in [4.78, 5) is 53.8. The van der Waals surface area contributed by atoms with E-state index in [0.29, 0.717) is 35.8 Å². The minimum absolute atomic E-state index is 0.0234. The standard InChI is InChI=1S/C39H51N2O14PS.C18H21O6P.C10H12F3O6PS.C9H13O4P.C8H11O4P/c1-5-49-37(43)25-53-56(45,55-31-9-7-6-8-10-31)26-52-30-13-11-28(12-14-30)21-34(40-39(44)54-36-24-51-38-33(36)19-20-50-38)35(42)23-41(22-27(2)3)57(46,47)32-17-15-29(48-4)16-18-32;1-2-22-18(19)14-23-25(20,24-17-11-7-4-8-12-17)15-21-13-16-9-5-3-6-10-16;1-2-17-20(14,19-9-6-4-3-5-7-9)8-18-21(15,16)10(11,12)13;1-2-12-14(11,8-10)13-9-6-4-3-5-7-9;9-13(10,11)7-12-6-8-4-2-1-3-5-8/h6-18,27,33-36,38,42H,5,19-26H2,1-4H3,(H,40,44);3-12H,2,13-15H2,1H3;3-7H,2,8H2,1H3;3-7,10H,2,8H2,1H3;1-5H,6-7H2,(H2,9,10,11)/t33-,34-,35+,36-,38+,56?;;;;/m0..../s1. The van der Waals surface area contributed by atoms with Gasteiger partial charge in [-0.2, -0.15) is 25.9 Å². The molecule has 8 aromatic rings. The van der Waals surface area contributed by atoms with Crippen LogP contribution in [0.4, 0.5) is 18.0 Å². The summed E-state index contributed by atoms with van der Waals surface area (Å²) in [5, 5.41) is 23.4. The first-order valence-corrected chi connectivity index (χ1v) is 51.7. The molecule has 0 spiro atoms. The molecule has 10 rings (SSSR count). The molecule has 2 fully saturated rings. The number of aliphatic hydroxyl groups excluding tert-OH is 2. The van der Waals surface area contributed by atoms with Crippen LogP contribution in [0.3, 0.4) is 0 Å². The van der Waals surface area contributed by atoms with E-state index in [-0.39, 0.29) is 106 Å². The highest BCUT2D eigenvalue weighted by Crippen LogP contribution is 2.52. The second kappa shape index (κ2) is 55.5. The number of para-hydroxylation sites is 4. The number of methoxy groups -OCH3 is 1. The molecule has 0 aromatic heterocycles. The second-order valence-electron chi connectivity index (χ2n) is 27.7. The fraction of sp³-hybridized carbons (Fsp3) is 0.393. The number of amides is 1. The Kier molecular flexibility index (Phi) is 46.9. The van der Waals surface area contributed by atoms with Crippen molar-refractivity contribution in [3.8, 4) is 34.5 Å². The number of ether oxygens (including phenoxy) is 9. The number of rotatable bonds is 47. The monoisotopic (exact) mass is 1960 g/mol. The van der Waals surface area contributed by atoms with Crippen LogP contribution in [0.2, 0.25) is 0 Å². The van der Waals surface area contributed by atoms with E-state index in [4.69, 9.17) is 93.7 Å².